The molecule has 8 rings (SSSR count). The van der Waals surface area contributed by atoms with Crippen molar-refractivity contribution in [3.8, 4) is 0 Å². The summed E-state index contributed by atoms with van der Waals surface area (Å²) in [5.74, 6) is 5.23. The van der Waals surface area contributed by atoms with E-state index in [1.165, 1.54) is 33.4 Å². The van der Waals surface area contributed by atoms with Crippen molar-refractivity contribution in [3.05, 3.63) is 239 Å². The predicted octanol–water partition coefficient (Wildman–Crippen LogP) is 12.5. The van der Waals surface area contributed by atoms with E-state index in [9.17, 15) is 5.11 Å². The van der Waals surface area contributed by atoms with Gasteiger partial charge in [0.05, 0.1) is 11.9 Å². The van der Waals surface area contributed by atoms with E-state index < -0.39 is 0 Å². The van der Waals surface area contributed by atoms with Crippen LogP contribution < -0.4 is 22.1 Å². The minimum absolute atomic E-state index is 0.0255. The second-order valence-corrected chi connectivity index (χ2v) is 16.1. The largest absolute Gasteiger partial charge is 0.515 e. The van der Waals surface area contributed by atoms with Gasteiger partial charge in [-0.25, -0.2) is 0 Å². The third kappa shape index (κ3) is 10.5. The Labute approximate surface area is 358 Å². The first-order valence-electron chi connectivity index (χ1n) is 20.9. The van der Waals surface area contributed by atoms with Gasteiger partial charge in [-0.3, -0.25) is 5.84 Å². The molecule has 2 unspecified atom stereocenters. The lowest BCUT2D eigenvalue weighted by Gasteiger charge is -2.39. The molecule has 2 atom stereocenters. The molecular formula is C55H60N4O. The Morgan fingerprint density at radius 3 is 2.02 bits per heavy atom. The van der Waals surface area contributed by atoms with Gasteiger partial charge < -0.3 is 15.8 Å². The highest BCUT2D eigenvalue weighted by Gasteiger charge is 2.44. The molecule has 0 aliphatic heterocycles. The number of hydrogen-bond acceptors (Lipinski definition) is 5. The lowest BCUT2D eigenvalue weighted by Crippen LogP contribution is -2.43. The molecule has 6 N–H and O–H groups in total. The van der Waals surface area contributed by atoms with Crippen LogP contribution in [0.2, 0.25) is 0 Å². The summed E-state index contributed by atoms with van der Waals surface area (Å²) < 4.78 is 0. The van der Waals surface area contributed by atoms with Gasteiger partial charge in [0, 0.05) is 29.0 Å². The molecule has 0 saturated carbocycles. The minimum atomic E-state index is -0.0255. The summed E-state index contributed by atoms with van der Waals surface area (Å²) in [7, 11) is 0. The van der Waals surface area contributed by atoms with Crippen LogP contribution in [0.3, 0.4) is 0 Å². The maximum Gasteiger partial charge on any atom is 0.0876 e. The van der Waals surface area contributed by atoms with Gasteiger partial charge in [-0.15, -0.1) is 0 Å². The topological polar surface area (TPSA) is 82.3 Å². The Hall–Kier alpha value is -6.24. The summed E-state index contributed by atoms with van der Waals surface area (Å²) >= 11 is 0. The number of allylic oxidation sites excluding steroid dienone is 10. The number of anilines is 1. The van der Waals surface area contributed by atoms with Crippen LogP contribution in [0.1, 0.15) is 73.9 Å². The lowest BCUT2D eigenvalue weighted by molar-refractivity contribution is 0.427. The average Bonchev–Trinajstić information content (AvgIpc) is 3.51. The number of nitrogens with one attached hydrogen (secondary N) is 3. The number of aliphatic hydroxyl groups is 1. The van der Waals surface area contributed by atoms with E-state index in [0.29, 0.717) is 6.04 Å². The molecule has 3 aliphatic carbocycles. The van der Waals surface area contributed by atoms with Gasteiger partial charge in [-0.05, 0) is 84.7 Å². The zero-order valence-electron chi connectivity index (χ0n) is 35.7. The standard InChI is InChI=1S/C29H31N.C19H21N3O.C7H8/c1-21-10-9-13-23(18-21)30-20-29(22-11-5-4-6-12-22)17-16-25-24-14-7-8-15-26(24)28(2,3)27(25)19-29;1-2-3-9-18(15-7-5-4-6-8-15)19(14-23)16-10-12-17(13-11-16)21-22-20;1-7-5-3-2-4-6-7/h4-12,14-18,23,30H,13,19-20H2,1-3H3;2-14,21-23H,20H2,1H3;2-6H,1H3/b;3-2-,18-9-,19-14+;. The Morgan fingerprint density at radius 2 is 1.40 bits per heavy atom. The Morgan fingerprint density at radius 1 is 0.767 bits per heavy atom. The maximum atomic E-state index is 9.81. The van der Waals surface area contributed by atoms with Crippen LogP contribution in [-0.4, -0.2) is 17.7 Å². The van der Waals surface area contributed by atoms with E-state index >= 15 is 0 Å². The molecule has 5 aromatic carbocycles. The first-order valence-corrected chi connectivity index (χ1v) is 20.9. The van der Waals surface area contributed by atoms with Crippen LogP contribution in [-0.2, 0) is 10.8 Å². The molecule has 0 heterocycles. The Kier molecular flexibility index (Phi) is 14.9. The molecule has 0 aromatic heterocycles. The van der Waals surface area contributed by atoms with Gasteiger partial charge in [0.25, 0.3) is 0 Å². The molecular weight excluding hydrogens is 733 g/mol. The van der Waals surface area contributed by atoms with Crippen molar-refractivity contribution >= 4 is 22.4 Å². The highest BCUT2D eigenvalue weighted by molar-refractivity contribution is 6.05. The highest BCUT2D eigenvalue weighted by Crippen LogP contribution is 2.53. The Balaban J connectivity index is 0.000000178. The van der Waals surface area contributed by atoms with E-state index in [-0.39, 0.29) is 10.8 Å². The summed E-state index contributed by atoms with van der Waals surface area (Å²) in [6.45, 7) is 12.0. The van der Waals surface area contributed by atoms with Crippen molar-refractivity contribution in [2.45, 2.75) is 64.3 Å². The maximum absolute atomic E-state index is 9.81. The van der Waals surface area contributed by atoms with Gasteiger partial charge >= 0.3 is 0 Å². The normalized spacial score (nSPS) is 19.0. The van der Waals surface area contributed by atoms with E-state index in [2.05, 4.69) is 141 Å². The molecule has 0 bridgehead atoms. The second kappa shape index (κ2) is 20.6. The summed E-state index contributed by atoms with van der Waals surface area (Å²) in [6, 6.07) is 48.3. The SMILES string of the molecule is CC1=CC(NCC2(c3ccccc3)C=CC3=C(C2)C(C)(C)c2ccccc23)CC=C1.C\C=C/C=C(\C(=C\O)c1ccc(NNN)cc1)c1ccccc1.Cc1ccccc1. The third-order valence-corrected chi connectivity index (χ3v) is 11.6. The average molecular weight is 793 g/mol. The number of hydrazine groups is 2. The van der Waals surface area contributed by atoms with Crippen molar-refractivity contribution in [1.29, 1.82) is 0 Å². The van der Waals surface area contributed by atoms with Crippen molar-refractivity contribution in [2.75, 3.05) is 12.0 Å². The molecule has 0 radical (unpaired) electrons. The van der Waals surface area contributed by atoms with Crippen LogP contribution in [0.25, 0.3) is 16.7 Å². The van der Waals surface area contributed by atoms with Gasteiger partial charge in [0.2, 0.25) is 0 Å². The summed E-state index contributed by atoms with van der Waals surface area (Å²) in [4.78, 5) is 0. The Bertz CT molecular complexity index is 2380. The number of aryl methyl sites for hydroxylation is 1. The summed E-state index contributed by atoms with van der Waals surface area (Å²) in [5.41, 5.74) is 19.7. The number of nitrogens with two attached hydrogens (primary N) is 1. The highest BCUT2D eigenvalue weighted by atomic mass is 16.2. The molecule has 0 saturated heterocycles. The monoisotopic (exact) mass is 792 g/mol. The van der Waals surface area contributed by atoms with E-state index in [1.807, 2.05) is 97.9 Å². The smallest absolute Gasteiger partial charge is 0.0876 e. The molecule has 3 aliphatic rings. The van der Waals surface area contributed by atoms with Crippen LogP contribution in [0.5, 0.6) is 0 Å². The molecule has 0 fully saturated rings. The van der Waals surface area contributed by atoms with Gasteiger partial charge in [-0.2, -0.15) is 5.53 Å². The van der Waals surface area contributed by atoms with Gasteiger partial charge in [-0.1, -0.05) is 207 Å². The number of rotatable bonds is 10. The molecule has 5 aromatic rings. The van der Waals surface area contributed by atoms with E-state index in [4.69, 9.17) is 5.84 Å². The first-order chi connectivity index (χ1) is 29.2. The van der Waals surface area contributed by atoms with Crippen LogP contribution in [0.15, 0.2) is 206 Å². The number of benzene rings is 5. The van der Waals surface area contributed by atoms with E-state index in [0.717, 1.165) is 53.6 Å². The fraction of sp³-hybridized carbons (Fsp3) is 0.200. The van der Waals surface area contributed by atoms with Crippen molar-refractivity contribution in [3.63, 3.8) is 0 Å². The number of hydrogen-bond donors (Lipinski definition) is 5. The molecule has 60 heavy (non-hydrogen) atoms. The third-order valence-electron chi connectivity index (χ3n) is 11.6. The van der Waals surface area contributed by atoms with Crippen molar-refractivity contribution < 1.29 is 5.11 Å². The molecule has 5 heteroatoms. The number of aliphatic hydroxyl groups excluding tert-OH is 1. The van der Waals surface area contributed by atoms with Crippen LogP contribution >= 0.6 is 0 Å². The zero-order chi connectivity index (χ0) is 42.4. The van der Waals surface area contributed by atoms with Gasteiger partial charge in [0.1, 0.15) is 0 Å². The quantitative estimate of drug-likeness (QED) is 0.0421. The lowest BCUT2D eigenvalue weighted by atomic mass is 9.67. The zero-order valence-corrected chi connectivity index (χ0v) is 35.7. The predicted molar refractivity (Wildman–Crippen MR) is 256 cm³/mol. The fourth-order valence-electron chi connectivity index (χ4n) is 8.34. The second-order valence-electron chi connectivity index (χ2n) is 16.1. The van der Waals surface area contributed by atoms with Crippen molar-refractivity contribution in [2.24, 2.45) is 5.84 Å². The molecule has 5 nitrogen and oxygen atoms in total. The van der Waals surface area contributed by atoms with Gasteiger partial charge in [0.15, 0.2) is 0 Å². The minimum Gasteiger partial charge on any atom is -0.515 e. The van der Waals surface area contributed by atoms with E-state index in [1.54, 1.807) is 5.57 Å². The van der Waals surface area contributed by atoms with Crippen LogP contribution in [0, 0.1) is 6.92 Å². The first kappa shape index (κ1) is 43.3. The summed E-state index contributed by atoms with van der Waals surface area (Å²) in [6.07, 6.45) is 20.9. The van der Waals surface area contributed by atoms with Crippen molar-refractivity contribution in [1.82, 2.24) is 10.9 Å². The molecule has 0 spiro atoms. The molecule has 0 amide bonds. The fourth-order valence-corrected chi connectivity index (χ4v) is 8.34. The molecule has 306 valence electrons. The number of fused-ring (bicyclic) bond motifs is 2. The van der Waals surface area contributed by atoms with Crippen LogP contribution in [0.4, 0.5) is 5.69 Å². The summed E-state index contributed by atoms with van der Waals surface area (Å²) in [5, 5.41) is 13.7.